The number of hydrogen-bond acceptors (Lipinski definition) is 4. The molecule has 0 fully saturated rings. The molecule has 1 unspecified atom stereocenters. The standard InChI is InChI=1S/C14H24BrN3O2/c1-6-16-14(4,13(19)20-5)8-7-9-18-11(3)12(15)10(2)17-18/h16H,6-9H2,1-5H3. The molecule has 1 aromatic rings. The molecular formula is C14H24BrN3O2. The first-order valence-corrected chi connectivity index (χ1v) is 7.68. The van der Waals surface area contributed by atoms with Crippen LogP contribution in [0.25, 0.3) is 0 Å². The van der Waals surface area contributed by atoms with Gasteiger partial charge in [-0.25, -0.2) is 0 Å². The zero-order chi connectivity index (χ0) is 15.3. The summed E-state index contributed by atoms with van der Waals surface area (Å²) in [5, 5.41) is 7.69. The number of methoxy groups -OCH3 is 1. The Bertz CT molecular complexity index is 473. The molecule has 0 amide bonds. The van der Waals surface area contributed by atoms with Crippen LogP contribution in [0.15, 0.2) is 4.47 Å². The maximum atomic E-state index is 11.9. The molecule has 1 aromatic heterocycles. The van der Waals surface area contributed by atoms with Gasteiger partial charge in [-0.15, -0.1) is 0 Å². The highest BCUT2D eigenvalue weighted by Crippen LogP contribution is 2.21. The summed E-state index contributed by atoms with van der Waals surface area (Å²) in [6.07, 6.45) is 1.57. The van der Waals surface area contributed by atoms with Crippen LogP contribution >= 0.6 is 15.9 Å². The SMILES string of the molecule is CCNC(C)(CCCn1nc(C)c(Br)c1C)C(=O)OC. The molecule has 114 valence electrons. The van der Waals surface area contributed by atoms with E-state index in [0.717, 1.165) is 35.4 Å². The molecule has 1 rings (SSSR count). The lowest BCUT2D eigenvalue weighted by molar-refractivity contribution is -0.148. The summed E-state index contributed by atoms with van der Waals surface area (Å²) < 4.78 is 7.92. The van der Waals surface area contributed by atoms with Gasteiger partial charge in [0.2, 0.25) is 0 Å². The van der Waals surface area contributed by atoms with Crippen LogP contribution in [0.5, 0.6) is 0 Å². The lowest BCUT2D eigenvalue weighted by Crippen LogP contribution is -2.50. The Labute approximate surface area is 129 Å². The number of rotatable bonds is 7. The molecule has 0 aliphatic rings. The fraction of sp³-hybridized carbons (Fsp3) is 0.714. The largest absolute Gasteiger partial charge is 0.468 e. The van der Waals surface area contributed by atoms with Crippen molar-refractivity contribution >= 4 is 21.9 Å². The van der Waals surface area contributed by atoms with Crippen LogP contribution in [0.3, 0.4) is 0 Å². The molecule has 0 saturated carbocycles. The topological polar surface area (TPSA) is 56.2 Å². The smallest absolute Gasteiger partial charge is 0.325 e. The number of aryl methyl sites for hydroxylation is 2. The Morgan fingerprint density at radius 1 is 1.50 bits per heavy atom. The lowest BCUT2D eigenvalue weighted by atomic mass is 9.95. The van der Waals surface area contributed by atoms with Crippen LogP contribution in [0.1, 0.15) is 38.1 Å². The number of esters is 1. The molecule has 0 aliphatic carbocycles. The Balaban J connectivity index is 2.65. The van der Waals surface area contributed by atoms with E-state index in [-0.39, 0.29) is 5.97 Å². The fourth-order valence-corrected chi connectivity index (χ4v) is 2.64. The van der Waals surface area contributed by atoms with Gasteiger partial charge in [-0.2, -0.15) is 5.10 Å². The zero-order valence-corrected chi connectivity index (χ0v) is 14.5. The van der Waals surface area contributed by atoms with Gasteiger partial charge in [0.25, 0.3) is 0 Å². The van der Waals surface area contributed by atoms with E-state index >= 15 is 0 Å². The van der Waals surface area contributed by atoms with E-state index in [1.165, 1.54) is 7.11 Å². The van der Waals surface area contributed by atoms with Crippen molar-refractivity contribution in [1.29, 1.82) is 0 Å². The molecule has 0 radical (unpaired) electrons. The maximum absolute atomic E-state index is 11.9. The van der Waals surface area contributed by atoms with Gasteiger partial charge in [-0.05, 0) is 56.1 Å². The third-order valence-electron chi connectivity index (χ3n) is 3.54. The maximum Gasteiger partial charge on any atom is 0.325 e. The van der Waals surface area contributed by atoms with Crippen LogP contribution in [0.4, 0.5) is 0 Å². The zero-order valence-electron chi connectivity index (χ0n) is 12.9. The van der Waals surface area contributed by atoms with E-state index < -0.39 is 5.54 Å². The van der Waals surface area contributed by atoms with Crippen molar-refractivity contribution in [3.05, 3.63) is 15.9 Å². The summed E-state index contributed by atoms with van der Waals surface area (Å²) in [4.78, 5) is 11.9. The van der Waals surface area contributed by atoms with Crippen molar-refractivity contribution in [2.75, 3.05) is 13.7 Å². The molecule has 0 spiro atoms. The van der Waals surface area contributed by atoms with Crippen molar-refractivity contribution in [3.8, 4) is 0 Å². The van der Waals surface area contributed by atoms with Gasteiger partial charge in [0.15, 0.2) is 0 Å². The molecule has 1 atom stereocenters. The van der Waals surface area contributed by atoms with Gasteiger partial charge >= 0.3 is 5.97 Å². The van der Waals surface area contributed by atoms with Crippen molar-refractivity contribution in [2.45, 2.75) is 52.6 Å². The van der Waals surface area contributed by atoms with E-state index in [2.05, 4.69) is 26.3 Å². The number of nitrogens with one attached hydrogen (secondary N) is 1. The van der Waals surface area contributed by atoms with Gasteiger partial charge in [-0.3, -0.25) is 9.48 Å². The first kappa shape index (κ1) is 17.2. The molecule has 0 aliphatic heterocycles. The average molecular weight is 346 g/mol. The van der Waals surface area contributed by atoms with Gasteiger partial charge in [0.1, 0.15) is 5.54 Å². The second-order valence-electron chi connectivity index (χ2n) is 5.17. The van der Waals surface area contributed by atoms with Crippen molar-refractivity contribution in [2.24, 2.45) is 0 Å². The molecule has 0 saturated heterocycles. The minimum atomic E-state index is -0.628. The van der Waals surface area contributed by atoms with Gasteiger partial charge in [0.05, 0.1) is 17.3 Å². The molecular weight excluding hydrogens is 322 g/mol. The van der Waals surface area contributed by atoms with E-state index in [1.54, 1.807) is 0 Å². The Kier molecular flexibility index (Phi) is 6.20. The first-order chi connectivity index (χ1) is 9.35. The Morgan fingerprint density at radius 2 is 2.15 bits per heavy atom. The van der Waals surface area contributed by atoms with Crippen LogP contribution in [-0.2, 0) is 16.1 Å². The number of aromatic nitrogens is 2. The highest BCUT2D eigenvalue weighted by molar-refractivity contribution is 9.10. The number of carbonyl (C=O) groups excluding carboxylic acids is 1. The number of carbonyl (C=O) groups is 1. The third-order valence-corrected chi connectivity index (χ3v) is 4.69. The molecule has 0 bridgehead atoms. The molecule has 1 heterocycles. The number of halogens is 1. The van der Waals surface area contributed by atoms with Crippen molar-refractivity contribution < 1.29 is 9.53 Å². The second kappa shape index (κ2) is 7.22. The van der Waals surface area contributed by atoms with Gasteiger partial charge in [-0.1, -0.05) is 6.92 Å². The van der Waals surface area contributed by atoms with E-state index in [4.69, 9.17) is 4.74 Å². The summed E-state index contributed by atoms with van der Waals surface area (Å²) in [7, 11) is 1.43. The number of ether oxygens (including phenoxy) is 1. The van der Waals surface area contributed by atoms with Crippen LogP contribution in [0.2, 0.25) is 0 Å². The highest BCUT2D eigenvalue weighted by atomic mass is 79.9. The summed E-state index contributed by atoms with van der Waals surface area (Å²) in [6, 6.07) is 0. The summed E-state index contributed by atoms with van der Waals surface area (Å²) in [5.41, 5.74) is 1.48. The quantitative estimate of drug-likeness (QED) is 0.771. The minimum Gasteiger partial charge on any atom is -0.468 e. The van der Waals surface area contributed by atoms with Crippen LogP contribution < -0.4 is 5.32 Å². The normalized spacial score (nSPS) is 14.1. The highest BCUT2D eigenvalue weighted by Gasteiger charge is 2.32. The van der Waals surface area contributed by atoms with Crippen molar-refractivity contribution in [1.82, 2.24) is 15.1 Å². The minimum absolute atomic E-state index is 0.214. The van der Waals surface area contributed by atoms with E-state index in [0.29, 0.717) is 6.42 Å². The fourth-order valence-electron chi connectivity index (χ4n) is 2.35. The summed E-state index contributed by atoms with van der Waals surface area (Å²) in [5.74, 6) is -0.214. The number of hydrogen-bond donors (Lipinski definition) is 1. The lowest BCUT2D eigenvalue weighted by Gasteiger charge is -2.27. The Hall–Kier alpha value is -0.880. The van der Waals surface area contributed by atoms with E-state index in [9.17, 15) is 4.79 Å². The van der Waals surface area contributed by atoms with Crippen molar-refractivity contribution in [3.63, 3.8) is 0 Å². The first-order valence-electron chi connectivity index (χ1n) is 6.88. The molecule has 0 aromatic carbocycles. The Morgan fingerprint density at radius 3 is 2.60 bits per heavy atom. The predicted octanol–water partition coefficient (Wildman–Crippen LogP) is 2.58. The summed E-state index contributed by atoms with van der Waals surface area (Å²) in [6.45, 7) is 9.41. The second-order valence-corrected chi connectivity index (χ2v) is 5.96. The summed E-state index contributed by atoms with van der Waals surface area (Å²) >= 11 is 3.52. The number of nitrogens with zero attached hydrogens (tertiary/aromatic N) is 2. The molecule has 20 heavy (non-hydrogen) atoms. The van der Waals surface area contributed by atoms with Gasteiger partial charge < -0.3 is 10.1 Å². The monoisotopic (exact) mass is 345 g/mol. The van der Waals surface area contributed by atoms with E-state index in [1.807, 2.05) is 32.4 Å². The van der Waals surface area contributed by atoms with Crippen LogP contribution in [0, 0.1) is 13.8 Å². The molecule has 1 N–H and O–H groups in total. The number of likely N-dealkylation sites (N-methyl/N-ethyl adjacent to an activating group) is 1. The van der Waals surface area contributed by atoms with Gasteiger partial charge in [0, 0.05) is 12.2 Å². The third kappa shape index (κ3) is 3.82. The molecule has 6 heteroatoms. The predicted molar refractivity (Wildman–Crippen MR) is 82.7 cm³/mol. The van der Waals surface area contributed by atoms with Crippen LogP contribution in [-0.4, -0.2) is 34.9 Å². The average Bonchev–Trinajstić information content (AvgIpc) is 2.65. The molecule has 5 nitrogen and oxygen atoms in total.